The lowest BCUT2D eigenvalue weighted by molar-refractivity contribution is 0.103. The number of aliphatic hydroxyl groups is 1. The number of aromatic nitrogens is 1. The van der Waals surface area contributed by atoms with Crippen molar-refractivity contribution in [2.24, 2.45) is 0 Å². The highest BCUT2D eigenvalue weighted by Crippen LogP contribution is 2.30. The summed E-state index contributed by atoms with van der Waals surface area (Å²) in [6.45, 7) is 1.47. The number of hydrogen-bond acceptors (Lipinski definition) is 5. The van der Waals surface area contributed by atoms with Gasteiger partial charge in [0.05, 0.1) is 6.54 Å². The van der Waals surface area contributed by atoms with Gasteiger partial charge in [-0.3, -0.25) is 4.79 Å². The van der Waals surface area contributed by atoms with E-state index in [-0.39, 0.29) is 18.5 Å². The first-order valence-corrected chi connectivity index (χ1v) is 10.9. The van der Waals surface area contributed by atoms with E-state index < -0.39 is 0 Å². The maximum atomic E-state index is 12.9. The summed E-state index contributed by atoms with van der Waals surface area (Å²) < 4.78 is 5.99. The van der Waals surface area contributed by atoms with Crippen LogP contribution in [-0.4, -0.2) is 41.7 Å². The summed E-state index contributed by atoms with van der Waals surface area (Å²) in [7, 11) is 0. The van der Waals surface area contributed by atoms with E-state index in [1.807, 2.05) is 18.2 Å². The first-order valence-electron chi connectivity index (χ1n) is 10.1. The molecule has 1 N–H and O–H groups in total. The Morgan fingerprint density at radius 1 is 1.13 bits per heavy atom. The summed E-state index contributed by atoms with van der Waals surface area (Å²) in [5.74, 6) is 0.342. The third kappa shape index (κ3) is 5.01. The van der Waals surface area contributed by atoms with Crippen LogP contribution in [0.5, 0.6) is 5.88 Å². The van der Waals surface area contributed by atoms with Crippen LogP contribution in [0.15, 0.2) is 60.8 Å². The van der Waals surface area contributed by atoms with Crippen LogP contribution in [0.2, 0.25) is 10.0 Å². The Balaban J connectivity index is 1.53. The minimum absolute atomic E-state index is 0.000872. The fraction of sp³-hybridized carbons (Fsp3) is 0.250. The second kappa shape index (κ2) is 9.69. The highest BCUT2D eigenvalue weighted by Gasteiger charge is 2.27. The molecule has 5 nitrogen and oxygen atoms in total. The number of benzene rings is 2. The van der Waals surface area contributed by atoms with Gasteiger partial charge in [-0.25, -0.2) is 4.98 Å². The molecule has 3 aromatic rings. The van der Waals surface area contributed by atoms with Crippen molar-refractivity contribution in [2.75, 3.05) is 24.6 Å². The summed E-state index contributed by atoms with van der Waals surface area (Å²) in [6.07, 6.45) is 2.90. The van der Waals surface area contributed by atoms with Crippen molar-refractivity contribution in [3.05, 3.63) is 87.5 Å². The smallest absolute Gasteiger partial charge is 0.232 e. The fourth-order valence-corrected chi connectivity index (χ4v) is 4.17. The lowest BCUT2D eigenvalue weighted by Gasteiger charge is -2.23. The lowest BCUT2D eigenvalue weighted by Crippen LogP contribution is -2.26. The highest BCUT2D eigenvalue weighted by atomic mass is 35.5. The van der Waals surface area contributed by atoms with Gasteiger partial charge < -0.3 is 14.7 Å². The van der Waals surface area contributed by atoms with E-state index in [9.17, 15) is 9.90 Å². The molecule has 1 aliphatic rings. The van der Waals surface area contributed by atoms with Crippen molar-refractivity contribution in [1.82, 2.24) is 4.98 Å². The van der Waals surface area contributed by atoms with Gasteiger partial charge in [0.15, 0.2) is 5.78 Å². The van der Waals surface area contributed by atoms with E-state index in [1.54, 1.807) is 42.6 Å². The second-order valence-corrected chi connectivity index (χ2v) is 8.27. The summed E-state index contributed by atoms with van der Waals surface area (Å²) in [5, 5.41) is 10.6. The molecule has 1 saturated heterocycles. The third-order valence-electron chi connectivity index (χ3n) is 5.30. The average molecular weight is 457 g/mol. The number of ketones is 1. The lowest BCUT2D eigenvalue weighted by atomic mass is 9.98. The molecule has 2 heterocycles. The van der Waals surface area contributed by atoms with E-state index in [0.29, 0.717) is 40.0 Å². The van der Waals surface area contributed by atoms with E-state index in [2.05, 4.69) is 9.88 Å². The van der Waals surface area contributed by atoms with Crippen molar-refractivity contribution < 1.29 is 14.6 Å². The molecule has 160 valence electrons. The van der Waals surface area contributed by atoms with Crippen molar-refractivity contribution in [1.29, 1.82) is 0 Å². The Kier molecular flexibility index (Phi) is 6.76. The van der Waals surface area contributed by atoms with E-state index in [4.69, 9.17) is 27.9 Å². The first kappa shape index (κ1) is 21.6. The van der Waals surface area contributed by atoms with Gasteiger partial charge in [-0.1, -0.05) is 35.3 Å². The predicted molar refractivity (Wildman–Crippen MR) is 123 cm³/mol. The number of aliphatic hydroxyl groups excluding tert-OH is 1. The maximum Gasteiger partial charge on any atom is 0.232 e. The molecular weight excluding hydrogens is 435 g/mol. The molecule has 1 atom stereocenters. The molecule has 31 heavy (non-hydrogen) atoms. The monoisotopic (exact) mass is 456 g/mol. The van der Waals surface area contributed by atoms with Gasteiger partial charge in [0.2, 0.25) is 5.88 Å². The molecule has 0 bridgehead atoms. The molecule has 0 saturated carbocycles. The van der Waals surface area contributed by atoms with Crippen LogP contribution in [0.25, 0.3) is 0 Å². The number of ether oxygens (including phenoxy) is 1. The molecule has 4 rings (SSSR count). The average Bonchev–Trinajstić information content (AvgIpc) is 3.23. The Hall–Kier alpha value is -2.60. The summed E-state index contributed by atoms with van der Waals surface area (Å²) in [5.41, 5.74) is 3.03. The zero-order valence-electron chi connectivity index (χ0n) is 16.8. The van der Waals surface area contributed by atoms with Crippen LogP contribution in [-0.2, 0) is 6.42 Å². The normalized spacial score (nSPS) is 15.8. The SMILES string of the molecule is O=C(c1cccc(Cl)c1)c1ccc(N2CC[C@H](Oc3ncccc3Cl)C2)c(CCO)c1. The van der Waals surface area contributed by atoms with Gasteiger partial charge >= 0.3 is 0 Å². The number of anilines is 1. The molecular formula is C24H22Cl2N2O3. The van der Waals surface area contributed by atoms with Crippen LogP contribution < -0.4 is 9.64 Å². The van der Waals surface area contributed by atoms with Crippen LogP contribution in [0, 0.1) is 0 Å². The molecule has 7 heteroatoms. The Labute approximate surface area is 191 Å². The molecule has 1 fully saturated rings. The molecule has 1 aromatic heterocycles. The molecule has 0 unspecified atom stereocenters. The van der Waals surface area contributed by atoms with E-state index in [1.165, 1.54) is 0 Å². The number of hydrogen-bond donors (Lipinski definition) is 1. The molecule has 2 aromatic carbocycles. The van der Waals surface area contributed by atoms with Gasteiger partial charge in [0.25, 0.3) is 0 Å². The van der Waals surface area contributed by atoms with Gasteiger partial charge in [0.1, 0.15) is 11.1 Å². The number of pyridine rings is 1. The second-order valence-electron chi connectivity index (χ2n) is 7.42. The van der Waals surface area contributed by atoms with E-state index >= 15 is 0 Å². The van der Waals surface area contributed by atoms with Crippen molar-refractivity contribution >= 4 is 34.7 Å². The fourth-order valence-electron chi connectivity index (χ4n) is 3.81. The quantitative estimate of drug-likeness (QED) is 0.516. The molecule has 0 spiro atoms. The van der Waals surface area contributed by atoms with Crippen molar-refractivity contribution in [2.45, 2.75) is 18.9 Å². The van der Waals surface area contributed by atoms with Gasteiger partial charge in [-0.05, 0) is 54.4 Å². The van der Waals surface area contributed by atoms with Crippen LogP contribution in [0.4, 0.5) is 5.69 Å². The van der Waals surface area contributed by atoms with Crippen LogP contribution >= 0.6 is 23.2 Å². The van der Waals surface area contributed by atoms with Gasteiger partial charge in [-0.15, -0.1) is 0 Å². The van der Waals surface area contributed by atoms with Crippen LogP contribution in [0.3, 0.4) is 0 Å². The number of nitrogens with zero attached hydrogens (tertiary/aromatic N) is 2. The largest absolute Gasteiger partial charge is 0.471 e. The molecule has 0 aliphatic carbocycles. The zero-order valence-corrected chi connectivity index (χ0v) is 18.3. The predicted octanol–water partition coefficient (Wildman–Crippen LogP) is 4.81. The maximum absolute atomic E-state index is 12.9. The summed E-state index contributed by atoms with van der Waals surface area (Å²) in [4.78, 5) is 19.3. The Morgan fingerprint density at radius 2 is 1.97 bits per heavy atom. The zero-order chi connectivity index (χ0) is 21.8. The molecule has 0 amide bonds. The van der Waals surface area contributed by atoms with E-state index in [0.717, 1.165) is 24.2 Å². The van der Waals surface area contributed by atoms with Crippen molar-refractivity contribution in [3.8, 4) is 5.88 Å². The Morgan fingerprint density at radius 3 is 2.74 bits per heavy atom. The number of rotatable bonds is 7. The first-order chi connectivity index (χ1) is 15.0. The standard InChI is InChI=1S/C24H22Cl2N2O3/c25-19-4-1-3-17(14-19)23(30)18-6-7-22(16(13-18)9-12-29)28-11-8-20(15-28)31-24-21(26)5-2-10-27-24/h1-7,10,13-14,20,29H,8-9,11-12,15H2/t20-/m0/s1. The summed E-state index contributed by atoms with van der Waals surface area (Å²) in [6, 6.07) is 16.1. The molecule has 1 aliphatic heterocycles. The molecule has 0 radical (unpaired) electrons. The minimum Gasteiger partial charge on any atom is -0.471 e. The minimum atomic E-state index is -0.0966. The summed E-state index contributed by atoms with van der Waals surface area (Å²) >= 11 is 12.2. The van der Waals surface area contributed by atoms with Crippen LogP contribution in [0.1, 0.15) is 27.9 Å². The number of halogens is 2. The Bertz CT molecular complexity index is 1090. The van der Waals surface area contributed by atoms with Gasteiger partial charge in [-0.2, -0.15) is 0 Å². The highest BCUT2D eigenvalue weighted by molar-refractivity contribution is 6.31. The number of carbonyl (C=O) groups is 1. The van der Waals surface area contributed by atoms with Gasteiger partial charge in [0, 0.05) is 47.6 Å². The third-order valence-corrected chi connectivity index (χ3v) is 5.82. The topological polar surface area (TPSA) is 62.7 Å². The number of carbonyl (C=O) groups excluding carboxylic acids is 1. The van der Waals surface area contributed by atoms with Crippen molar-refractivity contribution in [3.63, 3.8) is 0 Å².